The molecular weight excluding hydrogens is 368 g/mol. The van der Waals surface area contributed by atoms with Crippen LogP contribution in [0.2, 0.25) is 0 Å². The van der Waals surface area contributed by atoms with E-state index < -0.39 is 15.6 Å². The molecule has 1 aliphatic heterocycles. The van der Waals surface area contributed by atoms with Gasteiger partial charge in [-0.05, 0) is 36.5 Å². The van der Waals surface area contributed by atoms with Gasteiger partial charge in [0.25, 0.3) is 5.91 Å². The molecule has 0 atom stereocenters. The first-order valence-electron chi connectivity index (χ1n) is 9.15. The van der Waals surface area contributed by atoms with Crippen LogP contribution in [0.3, 0.4) is 0 Å². The number of benzene rings is 1. The van der Waals surface area contributed by atoms with Crippen LogP contribution in [-0.4, -0.2) is 63.8 Å². The Bertz CT molecular complexity index is 723. The van der Waals surface area contributed by atoms with Crippen molar-refractivity contribution in [1.29, 1.82) is 0 Å². The largest absolute Gasteiger partial charge is 0.484 e. The number of amides is 1. The minimum atomic E-state index is -3.19. The molecule has 2 rings (SSSR count). The van der Waals surface area contributed by atoms with E-state index in [-0.39, 0.29) is 12.5 Å². The highest BCUT2D eigenvalue weighted by Crippen LogP contribution is 2.26. The third-order valence-corrected chi connectivity index (χ3v) is 6.36. The van der Waals surface area contributed by atoms with Crippen LogP contribution >= 0.6 is 0 Å². The molecule has 0 radical (unpaired) electrons. The molecule has 0 saturated carbocycles. The van der Waals surface area contributed by atoms with E-state index in [1.807, 2.05) is 24.3 Å². The standard InChI is InChI=1S/C19H30N2O5S/c1-15(2)16-5-7-17(8-6-16)26-13-18(22)20-14-19(25-3)9-11-21(12-10-19)27(4,23)24/h5-8,15H,9-14H2,1-4H3,(H,20,22). The predicted molar refractivity (Wildman–Crippen MR) is 104 cm³/mol. The summed E-state index contributed by atoms with van der Waals surface area (Å²) in [5.41, 5.74) is 0.671. The van der Waals surface area contributed by atoms with Crippen LogP contribution in [0.25, 0.3) is 0 Å². The van der Waals surface area contributed by atoms with Crippen molar-refractivity contribution in [3.63, 3.8) is 0 Å². The molecule has 0 bridgehead atoms. The molecule has 0 unspecified atom stereocenters. The molecule has 7 nitrogen and oxygen atoms in total. The second-order valence-corrected chi connectivity index (χ2v) is 9.32. The Morgan fingerprint density at radius 2 is 1.81 bits per heavy atom. The van der Waals surface area contributed by atoms with Gasteiger partial charge in [0.15, 0.2) is 6.61 Å². The maximum absolute atomic E-state index is 12.1. The van der Waals surface area contributed by atoms with Gasteiger partial charge in [0.1, 0.15) is 5.75 Å². The van der Waals surface area contributed by atoms with E-state index >= 15 is 0 Å². The molecule has 0 aliphatic carbocycles. The van der Waals surface area contributed by atoms with Gasteiger partial charge < -0.3 is 14.8 Å². The minimum absolute atomic E-state index is 0.0731. The number of nitrogens with zero attached hydrogens (tertiary/aromatic N) is 1. The van der Waals surface area contributed by atoms with Crippen LogP contribution in [0.5, 0.6) is 5.75 Å². The van der Waals surface area contributed by atoms with Gasteiger partial charge in [-0.25, -0.2) is 12.7 Å². The Hall–Kier alpha value is -1.64. The van der Waals surface area contributed by atoms with Crippen LogP contribution < -0.4 is 10.1 Å². The van der Waals surface area contributed by atoms with E-state index in [4.69, 9.17) is 9.47 Å². The Kier molecular flexibility index (Phi) is 7.25. The molecule has 1 N–H and O–H groups in total. The molecule has 1 heterocycles. The van der Waals surface area contributed by atoms with E-state index in [2.05, 4.69) is 19.2 Å². The number of hydrogen-bond donors (Lipinski definition) is 1. The zero-order chi connectivity index (χ0) is 20.1. The van der Waals surface area contributed by atoms with Gasteiger partial charge in [0.05, 0.1) is 11.9 Å². The van der Waals surface area contributed by atoms with Crippen LogP contribution in [0, 0.1) is 0 Å². The SMILES string of the molecule is COC1(CNC(=O)COc2ccc(C(C)C)cc2)CCN(S(C)(=O)=O)CC1. The average molecular weight is 399 g/mol. The lowest BCUT2D eigenvalue weighted by Crippen LogP contribution is -2.53. The molecule has 27 heavy (non-hydrogen) atoms. The van der Waals surface area contributed by atoms with Crippen molar-refractivity contribution in [1.82, 2.24) is 9.62 Å². The van der Waals surface area contributed by atoms with Crippen molar-refractivity contribution in [3.05, 3.63) is 29.8 Å². The summed E-state index contributed by atoms with van der Waals surface area (Å²) in [6.07, 6.45) is 2.28. The summed E-state index contributed by atoms with van der Waals surface area (Å²) in [6.45, 7) is 5.28. The first-order chi connectivity index (χ1) is 12.6. The monoisotopic (exact) mass is 398 g/mol. The number of sulfonamides is 1. The Morgan fingerprint density at radius 1 is 1.22 bits per heavy atom. The second-order valence-electron chi connectivity index (χ2n) is 7.34. The number of ether oxygens (including phenoxy) is 2. The highest BCUT2D eigenvalue weighted by molar-refractivity contribution is 7.88. The summed E-state index contributed by atoms with van der Waals surface area (Å²) >= 11 is 0. The van der Waals surface area contributed by atoms with E-state index in [0.29, 0.717) is 44.1 Å². The summed E-state index contributed by atoms with van der Waals surface area (Å²) in [5, 5.41) is 2.84. The van der Waals surface area contributed by atoms with Crippen molar-refractivity contribution in [2.24, 2.45) is 0 Å². The van der Waals surface area contributed by atoms with Crippen LogP contribution in [0.15, 0.2) is 24.3 Å². The average Bonchev–Trinajstić information content (AvgIpc) is 2.64. The first kappa shape index (κ1) is 21.7. The molecule has 1 saturated heterocycles. The van der Waals surface area contributed by atoms with E-state index in [1.54, 1.807) is 7.11 Å². The van der Waals surface area contributed by atoms with Crippen molar-refractivity contribution in [2.45, 2.75) is 38.2 Å². The molecule has 1 aliphatic rings. The molecule has 0 aromatic heterocycles. The fourth-order valence-electron chi connectivity index (χ4n) is 3.09. The Balaban J connectivity index is 1.80. The fraction of sp³-hybridized carbons (Fsp3) is 0.632. The number of nitrogens with one attached hydrogen (secondary N) is 1. The summed E-state index contributed by atoms with van der Waals surface area (Å²) in [7, 11) is -1.60. The molecular formula is C19H30N2O5S. The Labute approximate surface area is 162 Å². The van der Waals surface area contributed by atoms with Gasteiger partial charge in [0, 0.05) is 26.7 Å². The minimum Gasteiger partial charge on any atom is -0.484 e. The molecule has 1 amide bonds. The highest BCUT2D eigenvalue weighted by Gasteiger charge is 2.37. The van der Waals surface area contributed by atoms with E-state index in [0.717, 1.165) is 0 Å². The molecule has 8 heteroatoms. The summed E-state index contributed by atoms with van der Waals surface area (Å²) in [5.74, 6) is 0.865. The highest BCUT2D eigenvalue weighted by atomic mass is 32.2. The zero-order valence-corrected chi connectivity index (χ0v) is 17.3. The molecule has 1 fully saturated rings. The van der Waals surface area contributed by atoms with Crippen molar-refractivity contribution in [3.8, 4) is 5.75 Å². The number of piperidine rings is 1. The number of carbonyl (C=O) groups is 1. The van der Waals surface area contributed by atoms with Crippen molar-refractivity contribution < 1.29 is 22.7 Å². The molecule has 1 aromatic carbocycles. The van der Waals surface area contributed by atoms with Gasteiger partial charge in [-0.1, -0.05) is 26.0 Å². The maximum Gasteiger partial charge on any atom is 0.258 e. The van der Waals surface area contributed by atoms with Gasteiger partial charge in [-0.3, -0.25) is 4.79 Å². The topological polar surface area (TPSA) is 84.9 Å². The number of rotatable bonds is 8. The third-order valence-electron chi connectivity index (χ3n) is 5.06. The molecule has 1 aromatic rings. The second kappa shape index (κ2) is 9.03. The first-order valence-corrected chi connectivity index (χ1v) is 11.0. The lowest BCUT2D eigenvalue weighted by Gasteiger charge is -2.39. The zero-order valence-electron chi connectivity index (χ0n) is 16.5. The maximum atomic E-state index is 12.1. The van der Waals surface area contributed by atoms with Crippen LogP contribution in [0.1, 0.15) is 38.2 Å². The normalized spacial score (nSPS) is 17.7. The lowest BCUT2D eigenvalue weighted by molar-refractivity contribution is -0.125. The summed E-state index contributed by atoms with van der Waals surface area (Å²) < 4.78 is 35.8. The van der Waals surface area contributed by atoms with Crippen molar-refractivity contribution in [2.75, 3.05) is 39.6 Å². The van der Waals surface area contributed by atoms with Gasteiger partial charge in [-0.2, -0.15) is 0 Å². The van der Waals surface area contributed by atoms with Gasteiger partial charge >= 0.3 is 0 Å². The molecule has 152 valence electrons. The lowest BCUT2D eigenvalue weighted by atomic mass is 9.92. The number of hydrogen-bond acceptors (Lipinski definition) is 5. The van der Waals surface area contributed by atoms with Gasteiger partial charge in [0.2, 0.25) is 10.0 Å². The third kappa shape index (κ3) is 6.19. The quantitative estimate of drug-likeness (QED) is 0.721. The van der Waals surface area contributed by atoms with Crippen molar-refractivity contribution >= 4 is 15.9 Å². The summed E-state index contributed by atoms with van der Waals surface area (Å²) in [6, 6.07) is 7.71. The summed E-state index contributed by atoms with van der Waals surface area (Å²) in [4.78, 5) is 12.1. The van der Waals surface area contributed by atoms with E-state index in [1.165, 1.54) is 16.1 Å². The number of carbonyl (C=O) groups excluding carboxylic acids is 1. The van der Waals surface area contributed by atoms with Crippen LogP contribution in [0.4, 0.5) is 0 Å². The Morgan fingerprint density at radius 3 is 2.30 bits per heavy atom. The predicted octanol–water partition coefficient (Wildman–Crippen LogP) is 1.75. The molecule has 0 spiro atoms. The fourth-order valence-corrected chi connectivity index (χ4v) is 3.93. The van der Waals surface area contributed by atoms with Gasteiger partial charge in [-0.15, -0.1) is 0 Å². The smallest absolute Gasteiger partial charge is 0.258 e. The number of methoxy groups -OCH3 is 1. The van der Waals surface area contributed by atoms with Crippen LogP contribution in [-0.2, 0) is 19.6 Å². The van der Waals surface area contributed by atoms with E-state index in [9.17, 15) is 13.2 Å².